The molecule has 0 aliphatic heterocycles. The number of fused-ring (bicyclic) bond motifs is 2. The Kier molecular flexibility index (Phi) is 2.67. The molecular formula is C13H11ClN2. The maximum absolute atomic E-state index is 5.73. The summed E-state index contributed by atoms with van der Waals surface area (Å²) in [5, 5.41) is 2.29. The lowest BCUT2D eigenvalue weighted by atomic mass is 10.1. The van der Waals surface area contributed by atoms with Crippen molar-refractivity contribution in [2.75, 3.05) is 5.73 Å². The number of aromatic nitrogens is 1. The maximum Gasteiger partial charge on any atom is 0.0730 e. The Morgan fingerprint density at radius 2 is 1.56 bits per heavy atom. The van der Waals surface area contributed by atoms with Gasteiger partial charge in [-0.1, -0.05) is 24.3 Å². The van der Waals surface area contributed by atoms with Gasteiger partial charge in [-0.3, -0.25) is 0 Å². The van der Waals surface area contributed by atoms with Crippen LogP contribution in [0.4, 0.5) is 5.69 Å². The lowest BCUT2D eigenvalue weighted by molar-refractivity contribution is 1.50. The maximum atomic E-state index is 5.73. The van der Waals surface area contributed by atoms with Crippen LogP contribution in [-0.4, -0.2) is 4.98 Å². The third-order valence-corrected chi connectivity index (χ3v) is 2.54. The summed E-state index contributed by atoms with van der Waals surface area (Å²) in [6.07, 6.45) is 0. The van der Waals surface area contributed by atoms with Gasteiger partial charge in [-0.05, 0) is 24.3 Å². The van der Waals surface area contributed by atoms with Crippen LogP contribution in [0.15, 0.2) is 48.5 Å². The topological polar surface area (TPSA) is 38.9 Å². The second-order valence-electron chi connectivity index (χ2n) is 3.63. The minimum absolute atomic E-state index is 0. The molecule has 0 atom stereocenters. The van der Waals surface area contributed by atoms with Gasteiger partial charge in [0.05, 0.1) is 11.0 Å². The zero-order valence-electron chi connectivity index (χ0n) is 8.55. The van der Waals surface area contributed by atoms with Crippen molar-refractivity contribution < 1.29 is 0 Å². The number of hydrogen-bond acceptors (Lipinski definition) is 2. The largest absolute Gasteiger partial charge is 0.399 e. The van der Waals surface area contributed by atoms with Gasteiger partial charge < -0.3 is 5.73 Å². The van der Waals surface area contributed by atoms with E-state index >= 15 is 0 Å². The third-order valence-electron chi connectivity index (χ3n) is 2.54. The Bertz CT molecular complexity index is 650. The van der Waals surface area contributed by atoms with Gasteiger partial charge in [0.25, 0.3) is 0 Å². The van der Waals surface area contributed by atoms with Crippen molar-refractivity contribution in [2.45, 2.75) is 0 Å². The van der Waals surface area contributed by atoms with Crippen LogP contribution in [0.25, 0.3) is 21.8 Å². The first kappa shape index (κ1) is 10.7. The van der Waals surface area contributed by atoms with Crippen LogP contribution < -0.4 is 5.73 Å². The summed E-state index contributed by atoms with van der Waals surface area (Å²) in [5.41, 5.74) is 8.45. The first-order valence-electron chi connectivity index (χ1n) is 4.88. The number of benzene rings is 2. The molecule has 16 heavy (non-hydrogen) atoms. The normalized spacial score (nSPS) is 10.2. The highest BCUT2D eigenvalue weighted by Gasteiger charge is 1.98. The van der Waals surface area contributed by atoms with Gasteiger partial charge in [0.15, 0.2) is 0 Å². The summed E-state index contributed by atoms with van der Waals surface area (Å²) in [5.74, 6) is 0. The van der Waals surface area contributed by atoms with Gasteiger partial charge in [0.1, 0.15) is 0 Å². The second kappa shape index (κ2) is 3.99. The summed E-state index contributed by atoms with van der Waals surface area (Å²) in [7, 11) is 0. The highest BCUT2D eigenvalue weighted by atomic mass is 35.5. The predicted molar refractivity (Wildman–Crippen MR) is 70.9 cm³/mol. The van der Waals surface area contributed by atoms with Crippen LogP contribution in [0.1, 0.15) is 0 Å². The number of nitrogens with two attached hydrogens (primary N) is 1. The fraction of sp³-hybridized carbons (Fsp3) is 0. The van der Waals surface area contributed by atoms with E-state index < -0.39 is 0 Å². The zero-order valence-corrected chi connectivity index (χ0v) is 9.37. The van der Waals surface area contributed by atoms with E-state index in [-0.39, 0.29) is 12.4 Å². The van der Waals surface area contributed by atoms with E-state index in [2.05, 4.69) is 17.1 Å². The van der Waals surface area contributed by atoms with Gasteiger partial charge >= 0.3 is 0 Å². The molecule has 1 aromatic heterocycles. The van der Waals surface area contributed by atoms with E-state index in [0.717, 1.165) is 27.5 Å². The van der Waals surface area contributed by atoms with E-state index in [1.54, 1.807) is 0 Å². The molecule has 0 fully saturated rings. The van der Waals surface area contributed by atoms with E-state index in [1.807, 2.05) is 36.4 Å². The molecule has 0 bridgehead atoms. The number of anilines is 1. The number of halogens is 1. The molecule has 0 spiro atoms. The fourth-order valence-electron chi connectivity index (χ4n) is 1.79. The summed E-state index contributed by atoms with van der Waals surface area (Å²) in [4.78, 5) is 4.56. The number of para-hydroxylation sites is 1. The van der Waals surface area contributed by atoms with Gasteiger partial charge in [-0.15, -0.1) is 12.4 Å². The van der Waals surface area contributed by atoms with E-state index in [9.17, 15) is 0 Å². The van der Waals surface area contributed by atoms with Crippen molar-refractivity contribution in [3.8, 4) is 0 Å². The molecular weight excluding hydrogens is 220 g/mol. The first-order chi connectivity index (χ1) is 7.33. The summed E-state index contributed by atoms with van der Waals surface area (Å²) in [6.45, 7) is 0. The summed E-state index contributed by atoms with van der Waals surface area (Å²) in [6, 6.07) is 16.0. The summed E-state index contributed by atoms with van der Waals surface area (Å²) < 4.78 is 0. The van der Waals surface area contributed by atoms with Crippen molar-refractivity contribution in [3.05, 3.63) is 48.5 Å². The van der Waals surface area contributed by atoms with E-state index in [1.165, 1.54) is 0 Å². The molecule has 3 heteroatoms. The van der Waals surface area contributed by atoms with Crippen LogP contribution >= 0.6 is 12.4 Å². The molecule has 1 heterocycles. The van der Waals surface area contributed by atoms with Gasteiger partial charge in [0.2, 0.25) is 0 Å². The van der Waals surface area contributed by atoms with Gasteiger partial charge in [-0.25, -0.2) is 4.98 Å². The number of nitrogen functional groups attached to an aromatic ring is 1. The van der Waals surface area contributed by atoms with E-state index in [4.69, 9.17) is 5.73 Å². The Morgan fingerprint density at radius 3 is 2.44 bits per heavy atom. The number of pyridine rings is 1. The minimum atomic E-state index is 0. The molecule has 0 aliphatic carbocycles. The third kappa shape index (κ3) is 1.68. The van der Waals surface area contributed by atoms with Crippen molar-refractivity contribution >= 4 is 39.9 Å². The Balaban J connectivity index is 0.000000963. The molecule has 3 rings (SSSR count). The fourth-order valence-corrected chi connectivity index (χ4v) is 1.79. The highest BCUT2D eigenvalue weighted by molar-refractivity contribution is 5.93. The average molecular weight is 231 g/mol. The highest BCUT2D eigenvalue weighted by Crippen LogP contribution is 2.20. The van der Waals surface area contributed by atoms with Crippen molar-refractivity contribution in [1.82, 2.24) is 4.98 Å². The van der Waals surface area contributed by atoms with Crippen molar-refractivity contribution in [3.63, 3.8) is 0 Å². The molecule has 80 valence electrons. The van der Waals surface area contributed by atoms with Crippen LogP contribution in [-0.2, 0) is 0 Å². The minimum Gasteiger partial charge on any atom is -0.399 e. The molecule has 3 aromatic rings. The van der Waals surface area contributed by atoms with Crippen LogP contribution in [0.5, 0.6) is 0 Å². The lowest BCUT2D eigenvalue weighted by Crippen LogP contribution is -1.86. The molecule has 0 saturated heterocycles. The number of rotatable bonds is 0. The molecule has 0 aliphatic rings. The monoisotopic (exact) mass is 230 g/mol. The van der Waals surface area contributed by atoms with Crippen molar-refractivity contribution in [2.24, 2.45) is 0 Å². The standard InChI is InChI=1S/C13H10N2.ClH/c14-11-6-5-10-7-9-3-1-2-4-12(9)15-13(10)8-11;/h1-8H,14H2;1H. The second-order valence-corrected chi connectivity index (χ2v) is 3.63. The zero-order chi connectivity index (χ0) is 10.3. The number of hydrogen-bond donors (Lipinski definition) is 1. The lowest BCUT2D eigenvalue weighted by Gasteiger charge is -2.01. The first-order valence-corrected chi connectivity index (χ1v) is 4.88. The van der Waals surface area contributed by atoms with Gasteiger partial charge in [0, 0.05) is 16.5 Å². The number of nitrogens with zero attached hydrogens (tertiary/aromatic N) is 1. The SMILES string of the molecule is Cl.Nc1ccc2cc3ccccc3nc2c1. The Labute approximate surface area is 99.5 Å². The molecule has 2 N–H and O–H groups in total. The summed E-state index contributed by atoms with van der Waals surface area (Å²) >= 11 is 0. The molecule has 0 amide bonds. The molecule has 2 nitrogen and oxygen atoms in total. The Morgan fingerprint density at radius 1 is 0.812 bits per heavy atom. The van der Waals surface area contributed by atoms with Crippen molar-refractivity contribution in [1.29, 1.82) is 0 Å². The van der Waals surface area contributed by atoms with Crippen LogP contribution in [0.3, 0.4) is 0 Å². The molecule has 2 aromatic carbocycles. The van der Waals surface area contributed by atoms with Crippen LogP contribution in [0, 0.1) is 0 Å². The smallest absolute Gasteiger partial charge is 0.0730 e. The quantitative estimate of drug-likeness (QED) is 0.475. The molecule has 0 radical (unpaired) electrons. The van der Waals surface area contributed by atoms with Gasteiger partial charge in [-0.2, -0.15) is 0 Å². The molecule has 0 saturated carbocycles. The van der Waals surface area contributed by atoms with E-state index in [0.29, 0.717) is 0 Å². The Hall–Kier alpha value is -1.80. The predicted octanol–water partition coefficient (Wildman–Crippen LogP) is 3.39. The average Bonchev–Trinajstić information content (AvgIpc) is 2.26. The van der Waals surface area contributed by atoms with Crippen LogP contribution in [0.2, 0.25) is 0 Å². The molecule has 0 unspecified atom stereocenters.